The van der Waals surface area contributed by atoms with Crippen LogP contribution in [0.5, 0.6) is 0 Å². The van der Waals surface area contributed by atoms with Gasteiger partial charge in [0.2, 0.25) is 5.91 Å². The summed E-state index contributed by atoms with van der Waals surface area (Å²) in [5.41, 5.74) is 7.01. The van der Waals surface area contributed by atoms with E-state index in [1.54, 1.807) is 24.3 Å². The zero-order chi connectivity index (χ0) is 14.7. The number of hydrogen-bond donors (Lipinski definition) is 2. The van der Waals surface area contributed by atoms with Crippen molar-refractivity contribution in [3.05, 3.63) is 64.4 Å². The smallest absolute Gasteiger partial charge is 0.250 e. The van der Waals surface area contributed by atoms with Crippen molar-refractivity contribution >= 4 is 23.2 Å². The van der Waals surface area contributed by atoms with Gasteiger partial charge in [-0.2, -0.15) is 0 Å². The lowest BCUT2D eigenvalue weighted by Crippen LogP contribution is -2.12. The van der Waals surface area contributed by atoms with E-state index >= 15 is 0 Å². The highest BCUT2D eigenvalue weighted by Gasteiger charge is 2.10. The number of nitrogens with one attached hydrogen (secondary N) is 1. The topological polar surface area (TPSA) is 55.1 Å². The van der Waals surface area contributed by atoms with Crippen LogP contribution in [0, 0.1) is 5.82 Å². The van der Waals surface area contributed by atoms with Gasteiger partial charge in [0.25, 0.3) is 0 Å². The summed E-state index contributed by atoms with van der Waals surface area (Å²) in [4.78, 5) is 11.1. The minimum atomic E-state index is -0.570. The van der Waals surface area contributed by atoms with E-state index in [9.17, 15) is 9.18 Å². The lowest BCUT2D eigenvalue weighted by Gasteiger charge is -2.16. The largest absolute Gasteiger partial charge is 0.378 e. The lowest BCUT2D eigenvalue weighted by molar-refractivity contribution is 0.100. The zero-order valence-corrected chi connectivity index (χ0v) is 11.6. The number of rotatable bonds is 4. The van der Waals surface area contributed by atoms with E-state index in [4.69, 9.17) is 17.3 Å². The Morgan fingerprint density at radius 1 is 1.30 bits per heavy atom. The SMILES string of the molecule is CC(Nc1ccc(C(N)=O)c(Cl)c1)c1cccc(F)c1. The molecule has 0 aliphatic rings. The molecule has 2 aromatic carbocycles. The minimum absolute atomic E-state index is 0.0961. The first kappa shape index (κ1) is 14.3. The van der Waals surface area contributed by atoms with Crippen molar-refractivity contribution in [1.29, 1.82) is 0 Å². The fourth-order valence-electron chi connectivity index (χ4n) is 1.91. The molecular formula is C15H14ClFN2O. The molecule has 0 aliphatic heterocycles. The Morgan fingerprint density at radius 3 is 2.65 bits per heavy atom. The molecule has 3 N–H and O–H groups in total. The predicted molar refractivity (Wildman–Crippen MR) is 78.4 cm³/mol. The van der Waals surface area contributed by atoms with Crippen molar-refractivity contribution < 1.29 is 9.18 Å². The maximum atomic E-state index is 13.2. The van der Waals surface area contributed by atoms with Gasteiger partial charge in [0, 0.05) is 11.7 Å². The van der Waals surface area contributed by atoms with Crippen LogP contribution < -0.4 is 11.1 Å². The van der Waals surface area contributed by atoms with Crippen molar-refractivity contribution in [3.63, 3.8) is 0 Å². The molecule has 0 bridgehead atoms. The molecule has 0 aromatic heterocycles. The van der Waals surface area contributed by atoms with Gasteiger partial charge >= 0.3 is 0 Å². The van der Waals surface area contributed by atoms with Crippen LogP contribution in [0.1, 0.15) is 28.9 Å². The van der Waals surface area contributed by atoms with Crippen LogP contribution in [-0.2, 0) is 0 Å². The molecule has 5 heteroatoms. The molecular weight excluding hydrogens is 279 g/mol. The van der Waals surface area contributed by atoms with E-state index in [1.807, 2.05) is 13.0 Å². The predicted octanol–water partition coefficient (Wildman–Crippen LogP) is 3.75. The molecule has 0 saturated heterocycles. The second-order valence-corrected chi connectivity index (χ2v) is 4.89. The standard InChI is InChI=1S/C15H14ClFN2O/c1-9(10-3-2-4-11(17)7-10)19-12-5-6-13(15(18)20)14(16)8-12/h2-9,19H,1H3,(H2,18,20). The summed E-state index contributed by atoms with van der Waals surface area (Å²) >= 11 is 5.98. The van der Waals surface area contributed by atoms with E-state index in [0.717, 1.165) is 11.3 Å². The second kappa shape index (κ2) is 5.92. The number of hydrogen-bond acceptors (Lipinski definition) is 2. The molecule has 1 amide bonds. The van der Waals surface area contributed by atoms with Crippen molar-refractivity contribution in [2.75, 3.05) is 5.32 Å². The zero-order valence-electron chi connectivity index (χ0n) is 10.9. The molecule has 0 radical (unpaired) electrons. The monoisotopic (exact) mass is 292 g/mol. The van der Waals surface area contributed by atoms with Gasteiger partial charge in [0.15, 0.2) is 0 Å². The number of carbonyl (C=O) groups excluding carboxylic acids is 1. The van der Waals surface area contributed by atoms with Crippen molar-refractivity contribution in [1.82, 2.24) is 0 Å². The van der Waals surface area contributed by atoms with Crippen molar-refractivity contribution in [2.24, 2.45) is 5.73 Å². The first-order valence-corrected chi connectivity index (χ1v) is 6.46. The Balaban J connectivity index is 2.18. The molecule has 1 atom stereocenters. The third-order valence-electron chi connectivity index (χ3n) is 2.97. The Kier molecular flexibility index (Phi) is 4.25. The van der Waals surface area contributed by atoms with Gasteiger partial charge in [0.05, 0.1) is 10.6 Å². The van der Waals surface area contributed by atoms with Gasteiger partial charge in [-0.05, 0) is 42.8 Å². The van der Waals surface area contributed by atoms with E-state index < -0.39 is 5.91 Å². The molecule has 0 saturated carbocycles. The average Bonchev–Trinajstić information content (AvgIpc) is 2.38. The normalized spacial score (nSPS) is 11.9. The van der Waals surface area contributed by atoms with Crippen LogP contribution in [0.2, 0.25) is 5.02 Å². The summed E-state index contributed by atoms with van der Waals surface area (Å²) in [6, 6.07) is 11.2. The van der Waals surface area contributed by atoms with E-state index in [1.165, 1.54) is 12.1 Å². The van der Waals surface area contributed by atoms with Crippen LogP contribution in [0.4, 0.5) is 10.1 Å². The van der Waals surface area contributed by atoms with Gasteiger partial charge in [-0.1, -0.05) is 23.7 Å². The van der Waals surface area contributed by atoms with Gasteiger partial charge in [0.1, 0.15) is 5.82 Å². The molecule has 1 unspecified atom stereocenters. The van der Waals surface area contributed by atoms with Gasteiger partial charge in [-0.3, -0.25) is 4.79 Å². The van der Waals surface area contributed by atoms with Crippen LogP contribution in [0.25, 0.3) is 0 Å². The number of nitrogens with two attached hydrogens (primary N) is 1. The maximum absolute atomic E-state index is 13.2. The minimum Gasteiger partial charge on any atom is -0.378 e. The average molecular weight is 293 g/mol. The first-order chi connectivity index (χ1) is 9.47. The van der Waals surface area contributed by atoms with Crippen LogP contribution in [0.15, 0.2) is 42.5 Å². The molecule has 0 spiro atoms. The third kappa shape index (κ3) is 3.27. The van der Waals surface area contributed by atoms with Crippen molar-refractivity contribution in [3.8, 4) is 0 Å². The number of benzene rings is 2. The summed E-state index contributed by atoms with van der Waals surface area (Å²) < 4.78 is 13.2. The van der Waals surface area contributed by atoms with E-state index in [0.29, 0.717) is 0 Å². The summed E-state index contributed by atoms with van der Waals surface area (Å²) in [5.74, 6) is -0.849. The van der Waals surface area contributed by atoms with Gasteiger partial charge in [-0.15, -0.1) is 0 Å². The quantitative estimate of drug-likeness (QED) is 0.901. The third-order valence-corrected chi connectivity index (χ3v) is 3.28. The summed E-state index contributed by atoms with van der Waals surface area (Å²) in [6.45, 7) is 1.91. The summed E-state index contributed by atoms with van der Waals surface area (Å²) in [7, 11) is 0. The maximum Gasteiger partial charge on any atom is 0.250 e. The van der Waals surface area contributed by atoms with Crippen LogP contribution in [0.3, 0.4) is 0 Å². The molecule has 20 heavy (non-hydrogen) atoms. The summed E-state index contributed by atoms with van der Waals surface area (Å²) in [5, 5.41) is 3.48. The van der Waals surface area contributed by atoms with Gasteiger partial charge in [-0.25, -0.2) is 4.39 Å². The molecule has 2 rings (SSSR count). The van der Waals surface area contributed by atoms with Crippen LogP contribution >= 0.6 is 11.6 Å². The van der Waals surface area contributed by atoms with E-state index in [2.05, 4.69) is 5.32 Å². The van der Waals surface area contributed by atoms with Gasteiger partial charge < -0.3 is 11.1 Å². The molecule has 0 aliphatic carbocycles. The lowest BCUT2D eigenvalue weighted by atomic mass is 10.1. The highest BCUT2D eigenvalue weighted by atomic mass is 35.5. The number of carbonyl (C=O) groups is 1. The summed E-state index contributed by atoms with van der Waals surface area (Å²) in [6.07, 6.45) is 0. The molecule has 0 fully saturated rings. The Hall–Kier alpha value is -2.07. The molecule has 104 valence electrons. The first-order valence-electron chi connectivity index (χ1n) is 6.08. The number of halogens is 2. The number of amides is 1. The Labute approximate surface area is 121 Å². The van der Waals surface area contributed by atoms with E-state index in [-0.39, 0.29) is 22.4 Å². The second-order valence-electron chi connectivity index (χ2n) is 4.48. The van der Waals surface area contributed by atoms with Crippen molar-refractivity contribution in [2.45, 2.75) is 13.0 Å². The molecule has 0 heterocycles. The highest BCUT2D eigenvalue weighted by molar-refractivity contribution is 6.34. The Bertz CT molecular complexity index is 646. The number of anilines is 1. The number of primary amides is 1. The Morgan fingerprint density at radius 2 is 2.05 bits per heavy atom. The fraction of sp³-hybridized carbons (Fsp3) is 0.133. The molecule has 2 aromatic rings. The highest BCUT2D eigenvalue weighted by Crippen LogP contribution is 2.24. The fourth-order valence-corrected chi connectivity index (χ4v) is 2.19. The van der Waals surface area contributed by atoms with Crippen LogP contribution in [-0.4, -0.2) is 5.91 Å². The molecule has 3 nitrogen and oxygen atoms in total.